The van der Waals surface area contributed by atoms with E-state index in [-0.39, 0.29) is 22.2 Å². The molecule has 0 radical (unpaired) electrons. The van der Waals surface area contributed by atoms with Crippen molar-refractivity contribution in [2.75, 3.05) is 0 Å². The van der Waals surface area contributed by atoms with Gasteiger partial charge in [-0.1, -0.05) is 0 Å². The summed E-state index contributed by atoms with van der Waals surface area (Å²) < 4.78 is 1.08. The average molecular weight is 242 g/mol. The summed E-state index contributed by atoms with van der Waals surface area (Å²) in [5.41, 5.74) is 0.812. The molecule has 104 valence electrons. The number of rotatable bonds is 0. The third-order valence-corrected chi connectivity index (χ3v) is 4.02. The molecule has 0 unspecified atom stereocenters. The summed E-state index contributed by atoms with van der Waals surface area (Å²) in [5.74, 6) is 0. The van der Waals surface area contributed by atoms with Crippen molar-refractivity contribution in [2.24, 2.45) is 0 Å². The van der Waals surface area contributed by atoms with Gasteiger partial charge in [0.25, 0.3) is 0 Å². The van der Waals surface area contributed by atoms with Crippen LogP contribution in [0.1, 0.15) is 83.1 Å². The molecule has 1 nitrogen and oxygen atoms in total. The van der Waals surface area contributed by atoms with E-state index in [2.05, 4.69) is 83.1 Å². The summed E-state index contributed by atoms with van der Waals surface area (Å²) in [7, 11) is 0. The van der Waals surface area contributed by atoms with Gasteiger partial charge >= 0.3 is 0 Å². The maximum Gasteiger partial charge on any atom is 0.0918 e. The summed E-state index contributed by atoms with van der Waals surface area (Å²) in [4.78, 5) is 0. The van der Waals surface area contributed by atoms with E-state index in [1.54, 1.807) is 0 Å². The zero-order valence-corrected chi connectivity index (χ0v) is 14.4. The van der Waals surface area contributed by atoms with Crippen LogP contribution in [0.25, 0.3) is 0 Å². The second kappa shape index (κ2) is 3.98. The van der Waals surface area contributed by atoms with Gasteiger partial charge in [0.15, 0.2) is 0 Å². The smallest absolute Gasteiger partial charge is 0.0918 e. The molecule has 0 saturated carbocycles. The molecule has 0 atom stereocenters. The maximum atomic E-state index is 2.38. The Labute approximate surface area is 110 Å². The van der Waals surface area contributed by atoms with Gasteiger partial charge in [0.2, 0.25) is 0 Å². The molecule has 0 bridgehead atoms. The van der Waals surface area contributed by atoms with Gasteiger partial charge in [-0.25, -0.2) is 0 Å². The zero-order valence-electron chi connectivity index (χ0n) is 14.4. The number of hydrogen-bond donors (Lipinski definition) is 0. The highest BCUT2D eigenvalue weighted by atomic mass is 15.5. The summed E-state index contributed by atoms with van der Waals surface area (Å²) in [6.45, 7) is 28.6. The molecule has 0 saturated heterocycles. The highest BCUT2D eigenvalue weighted by Gasteiger charge is 2.62. The third kappa shape index (κ3) is 2.41. The summed E-state index contributed by atoms with van der Waals surface area (Å²) >= 11 is 0. The Hall–Kier alpha value is -0.0400. The molecule has 0 N–H and O–H groups in total. The molecule has 0 aromatic heterocycles. The lowest BCUT2D eigenvalue weighted by Gasteiger charge is -2.70. The van der Waals surface area contributed by atoms with Gasteiger partial charge in [0, 0.05) is 0 Å². The molecule has 1 heteroatoms. The van der Waals surface area contributed by atoms with Crippen LogP contribution in [0.15, 0.2) is 0 Å². The fourth-order valence-corrected chi connectivity index (χ4v) is 6.04. The average Bonchev–Trinajstić information content (AvgIpc) is 1.67. The maximum absolute atomic E-state index is 2.38. The first-order chi connectivity index (χ1) is 7.00. The van der Waals surface area contributed by atoms with Crippen molar-refractivity contribution in [3.63, 3.8) is 0 Å². The normalized spacial score (nSPS) is 16.2. The number of nitrogens with zero attached hydrogens (tertiary/aromatic N) is 1. The zero-order chi connectivity index (χ0) is 14.5. The van der Waals surface area contributed by atoms with E-state index in [0.29, 0.717) is 0 Å². The van der Waals surface area contributed by atoms with Gasteiger partial charge < -0.3 is 4.48 Å². The highest BCUT2D eigenvalue weighted by molar-refractivity contribution is 4.88. The third-order valence-electron chi connectivity index (χ3n) is 4.02. The van der Waals surface area contributed by atoms with Crippen molar-refractivity contribution in [2.45, 2.75) is 105 Å². The summed E-state index contributed by atoms with van der Waals surface area (Å²) in [6.07, 6.45) is 0. The van der Waals surface area contributed by atoms with Crippen LogP contribution in [0.4, 0.5) is 0 Å². The second-order valence-corrected chi connectivity index (χ2v) is 9.35. The summed E-state index contributed by atoms with van der Waals surface area (Å²) in [5, 5.41) is 0. The highest BCUT2D eigenvalue weighted by Crippen LogP contribution is 2.50. The van der Waals surface area contributed by atoms with E-state index in [4.69, 9.17) is 0 Å². The Morgan fingerprint density at radius 1 is 0.353 bits per heavy atom. The van der Waals surface area contributed by atoms with Crippen LogP contribution in [0.5, 0.6) is 0 Å². The molecule has 0 heterocycles. The van der Waals surface area contributed by atoms with E-state index in [1.807, 2.05) is 0 Å². The van der Waals surface area contributed by atoms with Crippen LogP contribution in [0, 0.1) is 0 Å². The van der Waals surface area contributed by atoms with Crippen molar-refractivity contribution >= 4 is 0 Å². The van der Waals surface area contributed by atoms with Gasteiger partial charge in [-0.05, 0) is 83.1 Å². The quantitative estimate of drug-likeness (QED) is 0.525. The van der Waals surface area contributed by atoms with Crippen LogP contribution < -0.4 is 0 Å². The first kappa shape index (κ1) is 17.0. The minimum absolute atomic E-state index is 0.203. The van der Waals surface area contributed by atoms with E-state index in [1.165, 1.54) is 0 Å². The Kier molecular flexibility index (Phi) is 3.97. The van der Waals surface area contributed by atoms with Crippen LogP contribution in [-0.4, -0.2) is 26.6 Å². The lowest BCUT2D eigenvalue weighted by atomic mass is 9.75. The first-order valence-electron chi connectivity index (χ1n) is 6.89. The first-order valence-corrected chi connectivity index (χ1v) is 6.89. The predicted octanol–water partition coefficient (Wildman–Crippen LogP) is 5.00. The standard InChI is InChI=1S/C16H36N/c1-13(2,3)17(14(4,5)6,15(7,8)9)16(10,11)12/h1-12H3/q+1. The van der Waals surface area contributed by atoms with E-state index in [0.717, 1.165) is 4.48 Å². The molecule has 0 amide bonds. The SMILES string of the molecule is CC(C)(C)[N+](C(C)(C)C)(C(C)(C)C)C(C)(C)C. The molecule has 0 fully saturated rings. The van der Waals surface area contributed by atoms with Crippen molar-refractivity contribution in [3.05, 3.63) is 0 Å². The molecule has 0 aromatic carbocycles. The Morgan fingerprint density at radius 3 is 0.471 bits per heavy atom. The Bertz CT molecular complexity index is 198. The molecule has 0 aliphatic heterocycles. The number of hydrogen-bond acceptors (Lipinski definition) is 0. The molecule has 0 rings (SSSR count). The van der Waals surface area contributed by atoms with E-state index < -0.39 is 0 Å². The molecular weight excluding hydrogens is 206 g/mol. The molecular formula is C16H36N+. The second-order valence-electron chi connectivity index (χ2n) is 9.35. The molecule has 0 spiro atoms. The fourth-order valence-electron chi connectivity index (χ4n) is 6.04. The van der Waals surface area contributed by atoms with E-state index in [9.17, 15) is 0 Å². The predicted molar refractivity (Wildman–Crippen MR) is 79.3 cm³/mol. The molecule has 0 aromatic rings. The minimum Gasteiger partial charge on any atom is -0.307 e. The van der Waals surface area contributed by atoms with Gasteiger partial charge in [-0.3, -0.25) is 0 Å². The fraction of sp³-hybridized carbons (Fsp3) is 1.00. The topological polar surface area (TPSA) is 0 Å². The van der Waals surface area contributed by atoms with Crippen molar-refractivity contribution in [3.8, 4) is 0 Å². The minimum atomic E-state index is 0.203. The Balaban J connectivity index is 6.37. The van der Waals surface area contributed by atoms with Crippen molar-refractivity contribution in [1.29, 1.82) is 0 Å². The van der Waals surface area contributed by atoms with Crippen LogP contribution in [-0.2, 0) is 0 Å². The van der Waals surface area contributed by atoms with Crippen LogP contribution in [0.2, 0.25) is 0 Å². The lowest BCUT2D eigenvalue weighted by Crippen LogP contribution is -2.82. The van der Waals surface area contributed by atoms with Gasteiger partial charge in [0.1, 0.15) is 0 Å². The Morgan fingerprint density at radius 2 is 0.471 bits per heavy atom. The van der Waals surface area contributed by atoms with Gasteiger partial charge in [-0.2, -0.15) is 0 Å². The van der Waals surface area contributed by atoms with Crippen LogP contribution in [0.3, 0.4) is 0 Å². The van der Waals surface area contributed by atoms with Crippen molar-refractivity contribution < 1.29 is 4.48 Å². The van der Waals surface area contributed by atoms with E-state index >= 15 is 0 Å². The largest absolute Gasteiger partial charge is 0.307 e. The molecule has 0 aliphatic rings. The summed E-state index contributed by atoms with van der Waals surface area (Å²) in [6, 6.07) is 0. The number of quaternary nitrogens is 1. The monoisotopic (exact) mass is 242 g/mol. The van der Waals surface area contributed by atoms with Gasteiger partial charge in [0.05, 0.1) is 22.2 Å². The van der Waals surface area contributed by atoms with Crippen LogP contribution >= 0.6 is 0 Å². The molecule has 0 aliphatic carbocycles. The molecule has 17 heavy (non-hydrogen) atoms. The van der Waals surface area contributed by atoms with Gasteiger partial charge in [-0.15, -0.1) is 0 Å². The lowest BCUT2D eigenvalue weighted by molar-refractivity contribution is -1.08. The van der Waals surface area contributed by atoms with Crippen molar-refractivity contribution in [1.82, 2.24) is 0 Å².